The molecular formula is C30H40FN5O5. The molecule has 10 nitrogen and oxygen atoms in total. The summed E-state index contributed by atoms with van der Waals surface area (Å²) in [7, 11) is 4.70. The van der Waals surface area contributed by atoms with E-state index in [0.29, 0.717) is 48.3 Å². The van der Waals surface area contributed by atoms with Crippen molar-refractivity contribution in [2.75, 3.05) is 40.3 Å². The van der Waals surface area contributed by atoms with Crippen LogP contribution in [0.15, 0.2) is 24.3 Å². The first-order valence-electron chi connectivity index (χ1n) is 14.3. The molecule has 3 amide bonds. The number of halogens is 1. The van der Waals surface area contributed by atoms with Crippen molar-refractivity contribution >= 4 is 40.7 Å². The van der Waals surface area contributed by atoms with E-state index in [1.807, 2.05) is 0 Å². The number of nitrogens with zero attached hydrogens (tertiary/aromatic N) is 3. The van der Waals surface area contributed by atoms with Crippen molar-refractivity contribution in [1.82, 2.24) is 25.0 Å². The molecule has 11 heteroatoms. The van der Waals surface area contributed by atoms with Crippen LogP contribution < -0.4 is 10.6 Å². The van der Waals surface area contributed by atoms with Gasteiger partial charge in [-0.25, -0.2) is 9.18 Å². The molecule has 1 saturated heterocycles. The minimum absolute atomic E-state index is 0.0873. The number of esters is 1. The first kappa shape index (κ1) is 30.2. The lowest BCUT2D eigenvalue weighted by Gasteiger charge is -2.39. The van der Waals surface area contributed by atoms with E-state index in [2.05, 4.69) is 10.6 Å². The molecule has 1 saturated carbocycles. The summed E-state index contributed by atoms with van der Waals surface area (Å²) in [5, 5.41) is 6.44. The van der Waals surface area contributed by atoms with Gasteiger partial charge in [0, 0.05) is 55.8 Å². The second-order valence-corrected chi connectivity index (χ2v) is 10.9. The first-order chi connectivity index (χ1) is 19.7. The number of aromatic nitrogens is 1. The van der Waals surface area contributed by atoms with Crippen LogP contribution in [-0.2, 0) is 26.2 Å². The Labute approximate surface area is 239 Å². The summed E-state index contributed by atoms with van der Waals surface area (Å²) in [6.45, 7) is 3.03. The molecule has 0 radical (unpaired) electrons. The fourth-order valence-electron chi connectivity index (χ4n) is 5.83. The summed E-state index contributed by atoms with van der Waals surface area (Å²) in [6.07, 6.45) is 7.69. The molecule has 2 aliphatic rings. The quantitative estimate of drug-likeness (QED) is 0.373. The molecule has 0 bridgehead atoms. The van der Waals surface area contributed by atoms with Gasteiger partial charge in [0.25, 0.3) is 5.91 Å². The number of carbonyl (C=O) groups excluding carboxylic acids is 4. The second kappa shape index (κ2) is 13.3. The summed E-state index contributed by atoms with van der Waals surface area (Å²) in [4.78, 5) is 55.5. The smallest absolute Gasteiger partial charge is 0.330 e. The van der Waals surface area contributed by atoms with Crippen LogP contribution in [0.2, 0.25) is 0 Å². The Bertz CT molecular complexity index is 1320. The van der Waals surface area contributed by atoms with Gasteiger partial charge in [-0.1, -0.05) is 19.3 Å². The van der Waals surface area contributed by atoms with E-state index in [1.54, 1.807) is 41.5 Å². The Kier molecular flexibility index (Phi) is 9.80. The highest BCUT2D eigenvalue weighted by atomic mass is 19.1. The van der Waals surface area contributed by atoms with E-state index in [1.165, 1.54) is 31.4 Å². The zero-order valence-corrected chi connectivity index (χ0v) is 24.2. The van der Waals surface area contributed by atoms with Crippen molar-refractivity contribution in [3.63, 3.8) is 0 Å². The molecule has 0 spiro atoms. The Morgan fingerprint density at radius 3 is 2.34 bits per heavy atom. The Morgan fingerprint density at radius 1 is 1.05 bits per heavy atom. The van der Waals surface area contributed by atoms with Crippen LogP contribution in [0.1, 0.15) is 55.1 Å². The zero-order valence-electron chi connectivity index (χ0n) is 24.2. The molecule has 2 unspecified atom stereocenters. The average Bonchev–Trinajstić information content (AvgIpc) is 3.27. The molecule has 1 aromatic heterocycles. The van der Waals surface area contributed by atoms with E-state index >= 15 is 0 Å². The number of rotatable bonds is 8. The summed E-state index contributed by atoms with van der Waals surface area (Å²) < 4.78 is 20.6. The molecule has 2 aromatic rings. The third-order valence-electron chi connectivity index (χ3n) is 8.38. The van der Waals surface area contributed by atoms with Crippen LogP contribution in [0.4, 0.5) is 4.39 Å². The Morgan fingerprint density at radius 2 is 1.71 bits per heavy atom. The van der Waals surface area contributed by atoms with Crippen molar-refractivity contribution in [2.45, 2.75) is 51.1 Å². The predicted molar refractivity (Wildman–Crippen MR) is 153 cm³/mol. The number of aryl methyl sites for hydroxylation is 1. The van der Waals surface area contributed by atoms with Crippen LogP contribution in [0.25, 0.3) is 17.0 Å². The van der Waals surface area contributed by atoms with Crippen molar-refractivity contribution in [1.29, 1.82) is 0 Å². The Hall–Kier alpha value is -3.73. The number of methoxy groups -OCH3 is 1. The third-order valence-corrected chi connectivity index (χ3v) is 8.38. The number of amides is 3. The molecule has 222 valence electrons. The van der Waals surface area contributed by atoms with Crippen LogP contribution in [0, 0.1) is 11.7 Å². The van der Waals surface area contributed by atoms with Gasteiger partial charge in [0.1, 0.15) is 17.6 Å². The number of piperazine rings is 1. The van der Waals surface area contributed by atoms with Gasteiger partial charge < -0.3 is 29.7 Å². The lowest BCUT2D eigenvalue weighted by molar-refractivity contribution is -0.140. The van der Waals surface area contributed by atoms with Gasteiger partial charge in [-0.15, -0.1) is 0 Å². The largest absolute Gasteiger partial charge is 0.466 e. The van der Waals surface area contributed by atoms with Crippen LogP contribution in [-0.4, -0.2) is 90.5 Å². The molecule has 2 heterocycles. The highest BCUT2D eigenvalue weighted by Gasteiger charge is 2.36. The standard InChI is InChI=1S/C30H40FN5O5/c1-19(32-2)28(38)33-26(20-8-6-5-7-9-20)29(39)35-14-16-36(17-15-35)30(40)27-22(11-13-25(37)41-4)23-18-21(31)10-12-24(23)34(27)3/h10-13,18-20,26,32H,5-9,14-17H2,1-4H3,(H,33,38)/b13-11+. The number of ether oxygens (including phenoxy) is 1. The predicted octanol–water partition coefficient (Wildman–Crippen LogP) is 2.46. The summed E-state index contributed by atoms with van der Waals surface area (Å²) in [5.74, 6) is -1.55. The first-order valence-corrected chi connectivity index (χ1v) is 14.3. The zero-order chi connectivity index (χ0) is 29.7. The van der Waals surface area contributed by atoms with Gasteiger partial charge in [-0.2, -0.15) is 0 Å². The van der Waals surface area contributed by atoms with Gasteiger partial charge in [0.15, 0.2) is 0 Å². The Balaban J connectivity index is 1.53. The third kappa shape index (κ3) is 6.61. The maximum absolute atomic E-state index is 14.2. The van der Waals surface area contributed by atoms with Gasteiger partial charge in [0.05, 0.1) is 13.2 Å². The molecule has 1 aliphatic heterocycles. The monoisotopic (exact) mass is 569 g/mol. The van der Waals surface area contributed by atoms with Crippen molar-refractivity contribution in [3.05, 3.63) is 41.3 Å². The van der Waals surface area contributed by atoms with Gasteiger partial charge in [0.2, 0.25) is 11.8 Å². The van der Waals surface area contributed by atoms with Crippen molar-refractivity contribution in [3.8, 4) is 0 Å². The highest BCUT2D eigenvalue weighted by Crippen LogP contribution is 2.30. The molecule has 2 atom stereocenters. The number of fused-ring (bicyclic) bond motifs is 1. The molecule has 1 aromatic carbocycles. The van der Waals surface area contributed by atoms with Gasteiger partial charge >= 0.3 is 5.97 Å². The van der Waals surface area contributed by atoms with E-state index in [9.17, 15) is 23.6 Å². The number of nitrogens with one attached hydrogen (secondary N) is 2. The van der Waals surface area contributed by atoms with Crippen molar-refractivity contribution < 1.29 is 28.3 Å². The molecule has 2 N–H and O–H groups in total. The number of carbonyl (C=O) groups is 4. The number of likely N-dealkylation sites (N-methyl/N-ethyl adjacent to an activating group) is 1. The van der Waals surface area contributed by atoms with Gasteiger partial charge in [-0.3, -0.25) is 14.4 Å². The lowest BCUT2D eigenvalue weighted by Crippen LogP contribution is -2.59. The van der Waals surface area contributed by atoms with Crippen molar-refractivity contribution in [2.24, 2.45) is 13.0 Å². The fraction of sp³-hybridized carbons (Fsp3) is 0.533. The fourth-order valence-corrected chi connectivity index (χ4v) is 5.83. The average molecular weight is 570 g/mol. The highest BCUT2D eigenvalue weighted by molar-refractivity contribution is 6.06. The van der Waals surface area contributed by atoms with Crippen LogP contribution >= 0.6 is 0 Å². The lowest BCUT2D eigenvalue weighted by atomic mass is 9.83. The van der Waals surface area contributed by atoms with E-state index < -0.39 is 23.9 Å². The van der Waals surface area contributed by atoms with Crippen LogP contribution in [0.3, 0.4) is 0 Å². The minimum atomic E-state index is -0.594. The molecular weight excluding hydrogens is 529 g/mol. The van der Waals surface area contributed by atoms with E-state index in [0.717, 1.165) is 32.1 Å². The molecule has 41 heavy (non-hydrogen) atoms. The maximum Gasteiger partial charge on any atom is 0.330 e. The number of benzene rings is 1. The van der Waals surface area contributed by atoms with Crippen LogP contribution in [0.5, 0.6) is 0 Å². The van der Waals surface area contributed by atoms with E-state index in [-0.39, 0.29) is 23.6 Å². The maximum atomic E-state index is 14.2. The molecule has 4 rings (SSSR count). The normalized spacial score (nSPS) is 18.0. The molecule has 1 aliphatic carbocycles. The number of hydrogen-bond donors (Lipinski definition) is 2. The SMILES string of the molecule is CNC(C)C(=O)NC(C(=O)N1CCN(C(=O)c2c(/C=C/C(=O)OC)c3cc(F)ccc3n2C)CC1)C1CCCCC1. The summed E-state index contributed by atoms with van der Waals surface area (Å²) in [5.41, 5.74) is 1.39. The van der Waals surface area contributed by atoms with E-state index in [4.69, 9.17) is 4.74 Å². The summed E-state index contributed by atoms with van der Waals surface area (Å²) in [6, 6.07) is 3.26. The minimum Gasteiger partial charge on any atom is -0.466 e. The number of hydrogen-bond acceptors (Lipinski definition) is 6. The topological polar surface area (TPSA) is 113 Å². The second-order valence-electron chi connectivity index (χ2n) is 10.9. The molecule has 2 fully saturated rings. The van der Waals surface area contributed by atoms with Gasteiger partial charge in [-0.05, 0) is 57.0 Å². The summed E-state index contributed by atoms with van der Waals surface area (Å²) >= 11 is 0.